The maximum atomic E-state index is 10.3. The van der Waals surface area contributed by atoms with Crippen LogP contribution in [0, 0.1) is 0 Å². The number of carbonyl (C=O) groups is 1. The van der Waals surface area contributed by atoms with E-state index in [1.54, 1.807) is 0 Å². The molecule has 0 aliphatic rings. The molecule has 0 atom stereocenters. The lowest BCUT2D eigenvalue weighted by Gasteiger charge is -2.01. The van der Waals surface area contributed by atoms with Gasteiger partial charge in [-0.15, -0.1) is 0 Å². The van der Waals surface area contributed by atoms with Crippen LogP contribution >= 0.6 is 11.6 Å². The Labute approximate surface area is 142 Å². The summed E-state index contributed by atoms with van der Waals surface area (Å²) < 4.78 is 4.68. The number of ether oxygens (including phenoxy) is 1. The SMILES string of the molecule is CCCCCCCC/C=C\CCCCCCCCOC(=O)Cl. The van der Waals surface area contributed by atoms with Crippen LogP contribution in [0.5, 0.6) is 0 Å². The molecule has 0 amide bonds. The normalized spacial score (nSPS) is 11.2. The van der Waals surface area contributed by atoms with Gasteiger partial charge in [-0.25, -0.2) is 4.79 Å². The molecule has 0 aliphatic heterocycles. The van der Waals surface area contributed by atoms with E-state index in [9.17, 15) is 4.79 Å². The van der Waals surface area contributed by atoms with Crippen LogP contribution in [0.15, 0.2) is 12.2 Å². The first kappa shape index (κ1) is 21.5. The fourth-order valence-electron chi connectivity index (χ4n) is 2.50. The van der Waals surface area contributed by atoms with E-state index in [1.807, 2.05) is 0 Å². The van der Waals surface area contributed by atoms with Crippen molar-refractivity contribution in [1.82, 2.24) is 0 Å². The molecule has 0 spiro atoms. The third kappa shape index (κ3) is 19.5. The van der Waals surface area contributed by atoms with E-state index in [2.05, 4.69) is 23.8 Å². The highest BCUT2D eigenvalue weighted by molar-refractivity contribution is 6.61. The first-order valence-electron chi connectivity index (χ1n) is 9.24. The number of rotatable bonds is 16. The quantitative estimate of drug-likeness (QED) is 0.167. The molecule has 22 heavy (non-hydrogen) atoms. The summed E-state index contributed by atoms with van der Waals surface area (Å²) in [5.74, 6) is 0. The van der Waals surface area contributed by atoms with Gasteiger partial charge in [0.1, 0.15) is 0 Å². The predicted octanol–water partition coefficient (Wildman–Crippen LogP) is 7.40. The van der Waals surface area contributed by atoms with E-state index in [4.69, 9.17) is 11.6 Å². The van der Waals surface area contributed by atoms with E-state index >= 15 is 0 Å². The van der Waals surface area contributed by atoms with Gasteiger partial charge in [0.2, 0.25) is 0 Å². The number of unbranched alkanes of at least 4 members (excludes halogenated alkanes) is 12. The highest BCUT2D eigenvalue weighted by atomic mass is 35.5. The largest absolute Gasteiger partial charge is 0.454 e. The van der Waals surface area contributed by atoms with Gasteiger partial charge in [0.05, 0.1) is 6.61 Å². The highest BCUT2D eigenvalue weighted by Crippen LogP contribution is 2.10. The Morgan fingerprint density at radius 1 is 0.773 bits per heavy atom. The molecule has 0 bridgehead atoms. The second kappa shape index (κ2) is 18.5. The molecule has 0 saturated heterocycles. The van der Waals surface area contributed by atoms with Crippen molar-refractivity contribution in [2.45, 2.75) is 96.8 Å². The zero-order valence-electron chi connectivity index (χ0n) is 14.5. The molecular weight excluding hydrogens is 296 g/mol. The Hall–Kier alpha value is -0.500. The Kier molecular flexibility index (Phi) is 18.1. The standard InChI is InChI=1S/C19H35ClO2/c1-2-3-4-5-6-7-8-9-10-11-12-13-14-15-16-17-18-22-19(20)21/h9-10H,2-8,11-18H2,1H3/b10-9-. The molecule has 0 aromatic heterocycles. The Bertz CT molecular complexity index is 264. The summed E-state index contributed by atoms with van der Waals surface area (Å²) in [6.45, 7) is 2.73. The van der Waals surface area contributed by atoms with Crippen LogP contribution in [0.3, 0.4) is 0 Å². The molecule has 0 radical (unpaired) electrons. The zero-order valence-corrected chi connectivity index (χ0v) is 15.2. The molecule has 130 valence electrons. The van der Waals surface area contributed by atoms with E-state index in [-0.39, 0.29) is 0 Å². The van der Waals surface area contributed by atoms with Gasteiger partial charge >= 0.3 is 5.43 Å². The molecule has 0 saturated carbocycles. The number of halogens is 1. The first-order chi connectivity index (χ1) is 10.8. The summed E-state index contributed by atoms with van der Waals surface area (Å²) in [5.41, 5.74) is -0.687. The molecule has 0 aliphatic carbocycles. The van der Waals surface area contributed by atoms with Gasteiger partial charge in [0.25, 0.3) is 0 Å². The first-order valence-corrected chi connectivity index (χ1v) is 9.62. The average Bonchev–Trinajstić information content (AvgIpc) is 2.50. The van der Waals surface area contributed by atoms with Crippen molar-refractivity contribution in [1.29, 1.82) is 0 Å². The topological polar surface area (TPSA) is 26.3 Å². The van der Waals surface area contributed by atoms with Gasteiger partial charge in [-0.05, 0) is 32.1 Å². The van der Waals surface area contributed by atoms with Crippen LogP contribution < -0.4 is 0 Å². The lowest BCUT2D eigenvalue weighted by atomic mass is 10.1. The minimum absolute atomic E-state index is 0.462. The summed E-state index contributed by atoms with van der Waals surface area (Å²) in [6, 6.07) is 0. The van der Waals surface area contributed by atoms with Gasteiger partial charge in [-0.2, -0.15) is 0 Å². The summed E-state index contributed by atoms with van der Waals surface area (Å²) in [5, 5.41) is 0. The minimum Gasteiger partial charge on any atom is -0.454 e. The molecule has 3 heteroatoms. The molecule has 0 unspecified atom stereocenters. The van der Waals surface area contributed by atoms with Crippen LogP contribution in [0.4, 0.5) is 4.79 Å². The average molecular weight is 331 g/mol. The van der Waals surface area contributed by atoms with Gasteiger partial charge in [0.15, 0.2) is 0 Å². The Balaban J connectivity index is 3.06. The van der Waals surface area contributed by atoms with Crippen molar-refractivity contribution >= 4 is 17.0 Å². The van der Waals surface area contributed by atoms with E-state index in [0.29, 0.717) is 6.61 Å². The van der Waals surface area contributed by atoms with Crippen molar-refractivity contribution in [3.05, 3.63) is 12.2 Å². The number of hydrogen-bond acceptors (Lipinski definition) is 2. The maximum absolute atomic E-state index is 10.3. The van der Waals surface area contributed by atoms with Crippen molar-refractivity contribution in [2.75, 3.05) is 6.61 Å². The number of allylic oxidation sites excluding steroid dienone is 2. The summed E-state index contributed by atoms with van der Waals surface area (Å²) >= 11 is 5.08. The molecule has 0 aromatic carbocycles. The predicted molar refractivity (Wildman–Crippen MR) is 96.7 cm³/mol. The second-order valence-corrected chi connectivity index (χ2v) is 6.33. The van der Waals surface area contributed by atoms with Gasteiger partial charge in [-0.1, -0.05) is 76.9 Å². The number of carbonyl (C=O) groups excluding carboxylic acids is 1. The van der Waals surface area contributed by atoms with Crippen molar-refractivity contribution in [3.63, 3.8) is 0 Å². The van der Waals surface area contributed by atoms with Crippen molar-refractivity contribution in [3.8, 4) is 0 Å². The molecular formula is C19H35ClO2. The molecule has 0 heterocycles. The van der Waals surface area contributed by atoms with E-state index in [1.165, 1.54) is 77.0 Å². The van der Waals surface area contributed by atoms with Crippen molar-refractivity contribution in [2.24, 2.45) is 0 Å². The lowest BCUT2D eigenvalue weighted by molar-refractivity contribution is 0.170. The zero-order chi connectivity index (χ0) is 16.3. The third-order valence-corrected chi connectivity index (χ3v) is 3.98. The monoisotopic (exact) mass is 330 g/mol. The Morgan fingerprint density at radius 2 is 1.23 bits per heavy atom. The van der Waals surface area contributed by atoms with Crippen LogP contribution in [-0.4, -0.2) is 12.0 Å². The molecule has 0 rings (SSSR count). The molecule has 0 fully saturated rings. The lowest BCUT2D eigenvalue weighted by Crippen LogP contribution is -1.96. The summed E-state index contributed by atoms with van der Waals surface area (Å²) in [4.78, 5) is 10.3. The Morgan fingerprint density at radius 3 is 1.73 bits per heavy atom. The van der Waals surface area contributed by atoms with Gasteiger partial charge in [-0.3, -0.25) is 0 Å². The maximum Gasteiger partial charge on any atom is 0.403 e. The molecule has 0 N–H and O–H groups in total. The van der Waals surface area contributed by atoms with E-state index in [0.717, 1.165) is 12.8 Å². The minimum atomic E-state index is -0.687. The van der Waals surface area contributed by atoms with Crippen LogP contribution in [-0.2, 0) is 4.74 Å². The smallest absolute Gasteiger partial charge is 0.403 e. The fourth-order valence-corrected chi connectivity index (χ4v) is 2.58. The molecule has 2 nitrogen and oxygen atoms in total. The molecule has 0 aromatic rings. The van der Waals surface area contributed by atoms with E-state index < -0.39 is 5.43 Å². The van der Waals surface area contributed by atoms with Crippen LogP contribution in [0.2, 0.25) is 0 Å². The van der Waals surface area contributed by atoms with Crippen molar-refractivity contribution < 1.29 is 9.53 Å². The summed E-state index contributed by atoms with van der Waals surface area (Å²) in [7, 11) is 0. The third-order valence-electron chi connectivity index (χ3n) is 3.87. The summed E-state index contributed by atoms with van der Waals surface area (Å²) in [6.07, 6.45) is 22.6. The second-order valence-electron chi connectivity index (χ2n) is 6.02. The number of hydrogen-bond donors (Lipinski definition) is 0. The van der Waals surface area contributed by atoms with Gasteiger partial charge < -0.3 is 4.74 Å². The van der Waals surface area contributed by atoms with Crippen LogP contribution in [0.25, 0.3) is 0 Å². The van der Waals surface area contributed by atoms with Gasteiger partial charge in [0, 0.05) is 11.6 Å². The fraction of sp³-hybridized carbons (Fsp3) is 0.842. The van der Waals surface area contributed by atoms with Crippen LogP contribution in [0.1, 0.15) is 96.8 Å². The highest BCUT2D eigenvalue weighted by Gasteiger charge is 1.95.